The van der Waals surface area contributed by atoms with Gasteiger partial charge in [-0.2, -0.15) is 0 Å². The monoisotopic (exact) mass is 405 g/mol. The first kappa shape index (κ1) is 19.0. The molecular weight excluding hydrogens is 386 g/mol. The summed E-state index contributed by atoms with van der Waals surface area (Å²) < 4.78 is 11.4. The molecule has 0 heterocycles. The van der Waals surface area contributed by atoms with Gasteiger partial charge in [0, 0.05) is 16.6 Å². The van der Waals surface area contributed by atoms with Crippen molar-refractivity contribution in [2.75, 3.05) is 18.5 Å². The molecule has 25 heavy (non-hydrogen) atoms. The largest absolute Gasteiger partial charge is 0.494 e. The third kappa shape index (κ3) is 6.97. The third-order valence-corrected chi connectivity index (χ3v) is 3.87. The number of anilines is 1. The average molecular weight is 406 g/mol. The molecule has 1 N–H and O–H groups in total. The number of halogens is 1. The molecule has 0 aliphatic carbocycles. The molecular formula is C19H20BrNO4. The SMILES string of the molecule is Cc1ccccc1NC(=O)COC(=O)CCCOc1cccc(Br)c1. The quantitative estimate of drug-likeness (QED) is 0.530. The van der Waals surface area contributed by atoms with Crippen LogP contribution >= 0.6 is 15.9 Å². The Hall–Kier alpha value is -2.34. The van der Waals surface area contributed by atoms with Crippen LogP contribution in [0, 0.1) is 6.92 Å². The van der Waals surface area contributed by atoms with Crippen LogP contribution in [0.5, 0.6) is 5.75 Å². The summed E-state index contributed by atoms with van der Waals surface area (Å²) in [6, 6.07) is 14.9. The van der Waals surface area contributed by atoms with Crippen LogP contribution in [0.2, 0.25) is 0 Å². The molecule has 6 heteroatoms. The minimum absolute atomic E-state index is 0.200. The number of esters is 1. The van der Waals surface area contributed by atoms with E-state index < -0.39 is 5.97 Å². The number of para-hydroxylation sites is 1. The minimum Gasteiger partial charge on any atom is -0.494 e. The summed E-state index contributed by atoms with van der Waals surface area (Å²) in [5, 5.41) is 2.71. The lowest BCUT2D eigenvalue weighted by molar-refractivity contribution is -0.147. The number of nitrogens with one attached hydrogen (secondary N) is 1. The van der Waals surface area contributed by atoms with E-state index in [0.717, 1.165) is 15.8 Å². The van der Waals surface area contributed by atoms with Crippen molar-refractivity contribution >= 4 is 33.5 Å². The highest BCUT2D eigenvalue weighted by molar-refractivity contribution is 9.10. The number of carbonyl (C=O) groups excluding carboxylic acids is 2. The number of hydrogen-bond acceptors (Lipinski definition) is 4. The van der Waals surface area contributed by atoms with Crippen molar-refractivity contribution < 1.29 is 19.1 Å². The Kier molecular flexibility index (Phi) is 7.47. The van der Waals surface area contributed by atoms with Crippen molar-refractivity contribution in [2.45, 2.75) is 19.8 Å². The summed E-state index contributed by atoms with van der Waals surface area (Å²) in [4.78, 5) is 23.5. The number of rotatable bonds is 8. The van der Waals surface area contributed by atoms with Crippen LogP contribution in [0.1, 0.15) is 18.4 Å². The number of ether oxygens (including phenoxy) is 2. The van der Waals surface area contributed by atoms with Crippen molar-refractivity contribution in [3.8, 4) is 5.75 Å². The molecule has 0 spiro atoms. The van der Waals surface area contributed by atoms with Gasteiger partial charge < -0.3 is 14.8 Å². The van der Waals surface area contributed by atoms with Crippen LogP contribution in [-0.4, -0.2) is 25.1 Å². The second-order valence-electron chi connectivity index (χ2n) is 5.43. The molecule has 132 valence electrons. The highest BCUT2D eigenvalue weighted by atomic mass is 79.9. The topological polar surface area (TPSA) is 64.6 Å². The first-order valence-corrected chi connectivity index (χ1v) is 8.73. The summed E-state index contributed by atoms with van der Waals surface area (Å²) in [6.07, 6.45) is 0.719. The molecule has 0 unspecified atom stereocenters. The van der Waals surface area contributed by atoms with Crippen LogP contribution in [0.3, 0.4) is 0 Å². The molecule has 0 bridgehead atoms. The Balaban J connectivity index is 1.62. The van der Waals surface area contributed by atoms with E-state index in [-0.39, 0.29) is 18.9 Å². The number of aryl methyl sites for hydroxylation is 1. The van der Waals surface area contributed by atoms with E-state index in [0.29, 0.717) is 18.7 Å². The molecule has 0 radical (unpaired) electrons. The fourth-order valence-corrected chi connectivity index (χ4v) is 2.46. The van der Waals surface area contributed by atoms with Gasteiger partial charge in [0.25, 0.3) is 5.91 Å². The van der Waals surface area contributed by atoms with E-state index in [1.165, 1.54) is 0 Å². The third-order valence-electron chi connectivity index (χ3n) is 3.37. The maximum atomic E-state index is 11.8. The van der Waals surface area contributed by atoms with Gasteiger partial charge in [-0.3, -0.25) is 9.59 Å². The molecule has 0 aliphatic heterocycles. The Morgan fingerprint density at radius 2 is 1.92 bits per heavy atom. The minimum atomic E-state index is -0.419. The molecule has 2 aromatic carbocycles. The zero-order valence-electron chi connectivity index (χ0n) is 14.0. The van der Waals surface area contributed by atoms with Gasteiger partial charge in [0.15, 0.2) is 6.61 Å². The zero-order chi connectivity index (χ0) is 18.1. The molecule has 2 rings (SSSR count). The van der Waals surface area contributed by atoms with Crippen LogP contribution in [-0.2, 0) is 14.3 Å². The normalized spacial score (nSPS) is 10.2. The zero-order valence-corrected chi connectivity index (χ0v) is 15.5. The molecule has 0 saturated heterocycles. The van der Waals surface area contributed by atoms with Gasteiger partial charge >= 0.3 is 5.97 Å². The van der Waals surface area contributed by atoms with E-state index in [2.05, 4.69) is 21.2 Å². The van der Waals surface area contributed by atoms with Crippen molar-refractivity contribution in [3.05, 3.63) is 58.6 Å². The number of hydrogen-bond donors (Lipinski definition) is 1. The molecule has 0 atom stereocenters. The smallest absolute Gasteiger partial charge is 0.306 e. The van der Waals surface area contributed by atoms with Crippen LogP contribution in [0.25, 0.3) is 0 Å². The second kappa shape index (κ2) is 9.84. The van der Waals surface area contributed by atoms with E-state index in [4.69, 9.17) is 9.47 Å². The summed E-state index contributed by atoms with van der Waals surface area (Å²) in [5.41, 5.74) is 1.66. The Bertz CT molecular complexity index is 733. The Labute approximate surface area is 155 Å². The van der Waals surface area contributed by atoms with Gasteiger partial charge in [-0.1, -0.05) is 40.2 Å². The lowest BCUT2D eigenvalue weighted by Gasteiger charge is -2.09. The first-order valence-electron chi connectivity index (χ1n) is 7.94. The van der Waals surface area contributed by atoms with Crippen molar-refractivity contribution in [3.63, 3.8) is 0 Å². The van der Waals surface area contributed by atoms with Gasteiger partial charge in [-0.15, -0.1) is 0 Å². The summed E-state index contributed by atoms with van der Waals surface area (Å²) in [6.45, 7) is 2.01. The molecule has 0 fully saturated rings. The van der Waals surface area contributed by atoms with E-state index >= 15 is 0 Å². The van der Waals surface area contributed by atoms with E-state index in [1.54, 1.807) is 6.07 Å². The fraction of sp³-hybridized carbons (Fsp3) is 0.263. The van der Waals surface area contributed by atoms with Gasteiger partial charge in [0.2, 0.25) is 0 Å². The summed E-state index contributed by atoms with van der Waals surface area (Å²) in [7, 11) is 0. The van der Waals surface area contributed by atoms with Crippen molar-refractivity contribution in [2.24, 2.45) is 0 Å². The highest BCUT2D eigenvalue weighted by Crippen LogP contribution is 2.18. The van der Waals surface area contributed by atoms with E-state index in [1.807, 2.05) is 49.4 Å². The number of benzene rings is 2. The summed E-state index contributed by atoms with van der Waals surface area (Å²) in [5.74, 6) is -0.0360. The lowest BCUT2D eigenvalue weighted by Crippen LogP contribution is -2.21. The molecule has 0 aliphatic rings. The van der Waals surface area contributed by atoms with Gasteiger partial charge in [0.05, 0.1) is 6.61 Å². The maximum absolute atomic E-state index is 11.8. The Morgan fingerprint density at radius 1 is 1.12 bits per heavy atom. The molecule has 5 nitrogen and oxygen atoms in total. The fourth-order valence-electron chi connectivity index (χ4n) is 2.08. The molecule has 1 amide bonds. The number of amides is 1. The van der Waals surface area contributed by atoms with Gasteiger partial charge in [0.1, 0.15) is 5.75 Å². The molecule has 0 aromatic heterocycles. The predicted octanol–water partition coefficient (Wildman–Crippen LogP) is 4.10. The standard InChI is InChI=1S/C19H20BrNO4/c1-14-6-2-3-9-17(14)21-18(22)13-25-19(23)10-5-11-24-16-8-4-7-15(20)12-16/h2-4,6-9,12H,5,10-11,13H2,1H3,(H,21,22). The Morgan fingerprint density at radius 3 is 2.68 bits per heavy atom. The second-order valence-corrected chi connectivity index (χ2v) is 6.35. The summed E-state index contributed by atoms with van der Waals surface area (Å²) >= 11 is 3.36. The van der Waals surface area contributed by atoms with Crippen molar-refractivity contribution in [1.82, 2.24) is 0 Å². The lowest BCUT2D eigenvalue weighted by atomic mass is 10.2. The van der Waals surface area contributed by atoms with E-state index in [9.17, 15) is 9.59 Å². The molecule has 2 aromatic rings. The van der Waals surface area contributed by atoms with Crippen LogP contribution < -0.4 is 10.1 Å². The first-order chi connectivity index (χ1) is 12.0. The van der Waals surface area contributed by atoms with Crippen molar-refractivity contribution in [1.29, 1.82) is 0 Å². The van der Waals surface area contributed by atoms with Crippen LogP contribution in [0.15, 0.2) is 53.0 Å². The predicted molar refractivity (Wildman–Crippen MR) is 99.6 cm³/mol. The van der Waals surface area contributed by atoms with Gasteiger partial charge in [-0.25, -0.2) is 0 Å². The molecule has 0 saturated carbocycles. The average Bonchev–Trinajstić information content (AvgIpc) is 2.59. The highest BCUT2D eigenvalue weighted by Gasteiger charge is 2.09. The van der Waals surface area contributed by atoms with Gasteiger partial charge in [-0.05, 0) is 43.2 Å². The number of carbonyl (C=O) groups is 2. The maximum Gasteiger partial charge on any atom is 0.306 e. The van der Waals surface area contributed by atoms with Crippen LogP contribution in [0.4, 0.5) is 5.69 Å².